The fraction of sp³-hybridized carbons (Fsp3) is 0.562. The minimum Gasteiger partial charge on any atom is -0.507 e. The molecule has 0 aliphatic carbocycles. The lowest BCUT2D eigenvalue weighted by Gasteiger charge is -2.24. The van der Waals surface area contributed by atoms with E-state index in [-0.39, 0.29) is 5.41 Å². The van der Waals surface area contributed by atoms with Crippen molar-refractivity contribution in [3.8, 4) is 5.75 Å². The molecule has 1 aromatic rings. The van der Waals surface area contributed by atoms with Crippen LogP contribution < -0.4 is 5.32 Å². The number of aromatic hydroxyl groups is 1. The molecule has 2 rings (SSSR count). The van der Waals surface area contributed by atoms with Gasteiger partial charge < -0.3 is 15.5 Å². The van der Waals surface area contributed by atoms with Crippen molar-refractivity contribution in [1.29, 1.82) is 0 Å². The largest absolute Gasteiger partial charge is 0.507 e. The maximum absolute atomic E-state index is 10.5. The quantitative estimate of drug-likeness (QED) is 0.775. The van der Waals surface area contributed by atoms with Crippen LogP contribution in [0.2, 0.25) is 0 Å². The molecule has 0 saturated heterocycles. The summed E-state index contributed by atoms with van der Waals surface area (Å²) in [4.78, 5) is 4.27. The lowest BCUT2D eigenvalue weighted by atomic mass is 9.82. The molecule has 0 fully saturated rings. The van der Waals surface area contributed by atoms with Gasteiger partial charge in [0.05, 0.1) is 6.54 Å². The van der Waals surface area contributed by atoms with Crippen LogP contribution in [0, 0.1) is 13.8 Å². The SMILES string of the molecule is Cc1cc(C(C)(C)C)c(O)c(C)c1CC1=NCC(O)N1. The van der Waals surface area contributed by atoms with Gasteiger partial charge in [0.25, 0.3) is 0 Å². The second-order valence-corrected chi connectivity index (χ2v) is 6.57. The molecule has 1 unspecified atom stereocenters. The predicted octanol–water partition coefficient (Wildman–Crippen LogP) is 2.17. The van der Waals surface area contributed by atoms with Gasteiger partial charge in [0.15, 0.2) is 0 Å². The number of benzene rings is 1. The number of amidine groups is 1. The molecule has 20 heavy (non-hydrogen) atoms. The number of hydrogen-bond acceptors (Lipinski definition) is 4. The first-order chi connectivity index (χ1) is 9.20. The molecule has 4 nitrogen and oxygen atoms in total. The minimum absolute atomic E-state index is 0.0859. The molecule has 0 aromatic heterocycles. The van der Waals surface area contributed by atoms with Gasteiger partial charge in [-0.3, -0.25) is 4.99 Å². The Kier molecular flexibility index (Phi) is 3.78. The third kappa shape index (κ3) is 2.80. The predicted molar refractivity (Wildman–Crippen MR) is 81.4 cm³/mol. The smallest absolute Gasteiger partial charge is 0.145 e. The first-order valence-electron chi connectivity index (χ1n) is 7.00. The van der Waals surface area contributed by atoms with E-state index in [4.69, 9.17) is 0 Å². The highest BCUT2D eigenvalue weighted by Gasteiger charge is 2.23. The number of nitrogens with one attached hydrogen (secondary N) is 1. The maximum atomic E-state index is 10.5. The molecular weight excluding hydrogens is 252 g/mol. The Morgan fingerprint density at radius 3 is 2.50 bits per heavy atom. The number of aliphatic hydroxyl groups excluding tert-OH is 1. The third-order valence-electron chi connectivity index (χ3n) is 3.84. The summed E-state index contributed by atoms with van der Waals surface area (Å²) in [6, 6.07) is 2.06. The summed E-state index contributed by atoms with van der Waals surface area (Å²) in [6.45, 7) is 10.7. The molecule has 1 aliphatic rings. The van der Waals surface area contributed by atoms with Gasteiger partial charge in [-0.05, 0) is 41.5 Å². The Morgan fingerprint density at radius 1 is 1.35 bits per heavy atom. The monoisotopic (exact) mass is 276 g/mol. The second-order valence-electron chi connectivity index (χ2n) is 6.57. The Hall–Kier alpha value is -1.55. The van der Waals surface area contributed by atoms with Crippen molar-refractivity contribution in [2.45, 2.75) is 52.7 Å². The average Bonchev–Trinajstić information content (AvgIpc) is 2.73. The Balaban J connectivity index is 2.38. The van der Waals surface area contributed by atoms with E-state index in [0.29, 0.717) is 18.7 Å². The molecule has 3 N–H and O–H groups in total. The molecule has 0 radical (unpaired) electrons. The molecule has 0 amide bonds. The summed E-state index contributed by atoms with van der Waals surface area (Å²) in [7, 11) is 0. The van der Waals surface area contributed by atoms with E-state index in [1.165, 1.54) is 0 Å². The van der Waals surface area contributed by atoms with E-state index < -0.39 is 6.23 Å². The zero-order valence-corrected chi connectivity index (χ0v) is 12.9. The van der Waals surface area contributed by atoms with Crippen LogP contribution in [0.5, 0.6) is 5.75 Å². The fourth-order valence-electron chi connectivity index (χ4n) is 2.61. The summed E-state index contributed by atoms with van der Waals surface area (Å²) in [5, 5.41) is 22.8. The van der Waals surface area contributed by atoms with Gasteiger partial charge in [-0.25, -0.2) is 0 Å². The van der Waals surface area contributed by atoms with Crippen molar-refractivity contribution in [2.75, 3.05) is 6.54 Å². The van der Waals surface area contributed by atoms with Crippen LogP contribution in [0.25, 0.3) is 0 Å². The Morgan fingerprint density at radius 2 is 2.00 bits per heavy atom. The first kappa shape index (κ1) is 14.9. The van der Waals surface area contributed by atoms with Crippen molar-refractivity contribution in [3.63, 3.8) is 0 Å². The summed E-state index contributed by atoms with van der Waals surface area (Å²) in [5.74, 6) is 1.16. The highest BCUT2D eigenvalue weighted by molar-refractivity contribution is 5.86. The van der Waals surface area contributed by atoms with Crippen molar-refractivity contribution in [2.24, 2.45) is 4.99 Å². The zero-order chi connectivity index (χ0) is 15.1. The maximum Gasteiger partial charge on any atom is 0.145 e. The zero-order valence-electron chi connectivity index (χ0n) is 12.9. The number of aryl methyl sites for hydroxylation is 1. The lowest BCUT2D eigenvalue weighted by Crippen LogP contribution is -2.31. The third-order valence-corrected chi connectivity index (χ3v) is 3.84. The van der Waals surface area contributed by atoms with Crippen LogP contribution in [0.3, 0.4) is 0 Å². The van der Waals surface area contributed by atoms with Crippen LogP contribution in [0.1, 0.15) is 43.0 Å². The van der Waals surface area contributed by atoms with Gasteiger partial charge in [-0.2, -0.15) is 0 Å². The molecular formula is C16H24N2O2. The standard InChI is InChI=1S/C16H24N2O2/c1-9-6-12(16(3,4)5)15(20)10(2)11(9)7-13-17-8-14(19)18-13/h6,14,19-20H,7-8H2,1-5H3,(H,17,18). The van der Waals surface area contributed by atoms with Gasteiger partial charge >= 0.3 is 0 Å². The molecule has 110 valence electrons. The van der Waals surface area contributed by atoms with Gasteiger partial charge in [0.1, 0.15) is 17.8 Å². The van der Waals surface area contributed by atoms with Crippen molar-refractivity contribution in [3.05, 3.63) is 28.3 Å². The van der Waals surface area contributed by atoms with Crippen molar-refractivity contribution >= 4 is 5.84 Å². The first-order valence-corrected chi connectivity index (χ1v) is 7.00. The summed E-state index contributed by atoms with van der Waals surface area (Å²) in [5.41, 5.74) is 4.02. The number of aliphatic imine (C=N–C) groups is 1. The van der Waals surface area contributed by atoms with Crippen LogP contribution in [-0.4, -0.2) is 28.8 Å². The molecule has 0 saturated carbocycles. The fourth-order valence-corrected chi connectivity index (χ4v) is 2.61. The van der Waals surface area contributed by atoms with Gasteiger partial charge in [-0.15, -0.1) is 0 Å². The molecule has 1 heterocycles. The molecule has 1 atom stereocenters. The van der Waals surface area contributed by atoms with E-state index in [9.17, 15) is 10.2 Å². The topological polar surface area (TPSA) is 64.9 Å². The molecule has 1 aromatic carbocycles. The molecule has 1 aliphatic heterocycles. The van der Waals surface area contributed by atoms with Gasteiger partial charge in [-0.1, -0.05) is 26.8 Å². The molecule has 0 spiro atoms. The number of phenolic OH excluding ortho intramolecular Hbond substituents is 1. The van der Waals surface area contributed by atoms with Crippen molar-refractivity contribution < 1.29 is 10.2 Å². The van der Waals surface area contributed by atoms with Crippen LogP contribution in [0.4, 0.5) is 0 Å². The number of phenols is 1. The number of aliphatic hydroxyl groups is 1. The van der Waals surface area contributed by atoms with Crippen molar-refractivity contribution in [1.82, 2.24) is 5.32 Å². The van der Waals surface area contributed by atoms with Crippen LogP contribution >= 0.6 is 0 Å². The summed E-state index contributed by atoms with van der Waals surface area (Å²) in [6.07, 6.45) is 0.0419. The lowest BCUT2D eigenvalue weighted by molar-refractivity contribution is 0.178. The van der Waals surface area contributed by atoms with E-state index in [0.717, 1.165) is 28.1 Å². The summed E-state index contributed by atoms with van der Waals surface area (Å²) >= 11 is 0. The Bertz CT molecular complexity index is 557. The molecule has 4 heteroatoms. The van der Waals surface area contributed by atoms with E-state index >= 15 is 0 Å². The van der Waals surface area contributed by atoms with Crippen LogP contribution in [-0.2, 0) is 11.8 Å². The number of hydrogen-bond donors (Lipinski definition) is 3. The Labute approximate surface area is 120 Å². The van der Waals surface area contributed by atoms with E-state index in [2.05, 4.69) is 44.1 Å². The highest BCUT2D eigenvalue weighted by atomic mass is 16.3. The highest BCUT2D eigenvalue weighted by Crippen LogP contribution is 2.36. The number of rotatable bonds is 2. The van der Waals surface area contributed by atoms with E-state index in [1.807, 2.05) is 6.92 Å². The normalized spacial score (nSPS) is 18.9. The van der Waals surface area contributed by atoms with Gasteiger partial charge in [0, 0.05) is 6.42 Å². The average molecular weight is 276 g/mol. The number of nitrogens with zero attached hydrogens (tertiary/aromatic N) is 1. The molecule has 0 bridgehead atoms. The minimum atomic E-state index is -0.576. The van der Waals surface area contributed by atoms with E-state index in [1.54, 1.807) is 0 Å². The second kappa shape index (κ2) is 5.09. The van der Waals surface area contributed by atoms with Crippen LogP contribution in [0.15, 0.2) is 11.1 Å². The summed E-state index contributed by atoms with van der Waals surface area (Å²) < 4.78 is 0. The van der Waals surface area contributed by atoms with Gasteiger partial charge in [0.2, 0.25) is 0 Å².